The smallest absolute Gasteiger partial charge is 0.210 e. The summed E-state index contributed by atoms with van der Waals surface area (Å²) >= 11 is 1.57. The van der Waals surface area contributed by atoms with Crippen LogP contribution in [0.15, 0.2) is 64.0 Å². The molecule has 3 nitrogen and oxygen atoms in total. The van der Waals surface area contributed by atoms with Crippen LogP contribution in [0.1, 0.15) is 5.76 Å². The van der Waals surface area contributed by atoms with Gasteiger partial charge in [-0.2, -0.15) is 0 Å². The van der Waals surface area contributed by atoms with Crippen molar-refractivity contribution in [1.82, 2.24) is 4.98 Å². The van der Waals surface area contributed by atoms with E-state index in [4.69, 9.17) is 4.42 Å². The van der Waals surface area contributed by atoms with Gasteiger partial charge in [-0.15, -0.1) is 0 Å². The van der Waals surface area contributed by atoms with E-state index in [0.29, 0.717) is 0 Å². The van der Waals surface area contributed by atoms with Gasteiger partial charge in [0.1, 0.15) is 11.3 Å². The van der Waals surface area contributed by atoms with Crippen LogP contribution < -0.4 is 0 Å². The van der Waals surface area contributed by atoms with Crippen molar-refractivity contribution in [2.75, 3.05) is 0 Å². The minimum Gasteiger partial charge on any atom is -0.455 e. The first kappa shape index (κ1) is 11.4. The molecule has 0 N–H and O–H groups in total. The number of fused-ring (bicyclic) bond motifs is 2. The highest BCUT2D eigenvalue weighted by Crippen LogP contribution is 2.27. The molecule has 2 aromatic heterocycles. The summed E-state index contributed by atoms with van der Waals surface area (Å²) in [4.78, 5) is 8.86. The molecule has 0 spiro atoms. The zero-order valence-corrected chi connectivity index (χ0v) is 11.3. The molecule has 0 amide bonds. The number of benzene rings is 2. The largest absolute Gasteiger partial charge is 0.455 e. The van der Waals surface area contributed by atoms with Crippen LogP contribution >= 0.6 is 11.3 Å². The predicted molar refractivity (Wildman–Crippen MR) is 83.1 cm³/mol. The van der Waals surface area contributed by atoms with Gasteiger partial charge in [0.05, 0.1) is 16.4 Å². The topological polar surface area (TPSA) is 38.4 Å². The maximum absolute atomic E-state index is 5.69. The van der Waals surface area contributed by atoms with Crippen LogP contribution in [0.25, 0.3) is 21.2 Å². The maximum atomic E-state index is 5.69. The van der Waals surface area contributed by atoms with E-state index in [9.17, 15) is 0 Å². The van der Waals surface area contributed by atoms with Gasteiger partial charge in [-0.1, -0.05) is 41.7 Å². The first-order valence-corrected chi connectivity index (χ1v) is 7.08. The predicted octanol–water partition coefficient (Wildman–Crippen LogP) is 4.79. The van der Waals surface area contributed by atoms with Crippen molar-refractivity contribution >= 4 is 43.9 Å². The Kier molecular flexibility index (Phi) is 2.60. The summed E-state index contributed by atoms with van der Waals surface area (Å²) in [5, 5.41) is 1.82. The average Bonchev–Trinajstić information content (AvgIpc) is 3.07. The van der Waals surface area contributed by atoms with E-state index >= 15 is 0 Å². The Balaban J connectivity index is 1.70. The SMILES string of the molecule is C(=N\c1nc2ccccc2s1)/c1cc2ccccc2o1. The first-order valence-electron chi connectivity index (χ1n) is 6.27. The molecule has 2 heterocycles. The van der Waals surface area contributed by atoms with Gasteiger partial charge in [0.2, 0.25) is 5.13 Å². The molecule has 0 saturated carbocycles. The summed E-state index contributed by atoms with van der Waals surface area (Å²) in [7, 11) is 0. The summed E-state index contributed by atoms with van der Waals surface area (Å²) in [6.07, 6.45) is 1.72. The van der Waals surface area contributed by atoms with E-state index < -0.39 is 0 Å². The van der Waals surface area contributed by atoms with Crippen molar-refractivity contribution in [2.45, 2.75) is 0 Å². The molecule has 0 radical (unpaired) electrons. The summed E-state index contributed by atoms with van der Waals surface area (Å²) in [6, 6.07) is 17.9. The monoisotopic (exact) mass is 278 g/mol. The number of hydrogen-bond acceptors (Lipinski definition) is 4. The third-order valence-corrected chi connectivity index (χ3v) is 3.97. The van der Waals surface area contributed by atoms with Crippen molar-refractivity contribution in [2.24, 2.45) is 4.99 Å². The second-order valence-corrected chi connectivity index (χ2v) is 5.42. The van der Waals surface area contributed by atoms with Gasteiger partial charge in [0.25, 0.3) is 0 Å². The highest BCUT2D eigenvalue weighted by molar-refractivity contribution is 7.22. The van der Waals surface area contributed by atoms with Gasteiger partial charge in [-0.25, -0.2) is 9.98 Å². The highest BCUT2D eigenvalue weighted by atomic mass is 32.1. The minimum atomic E-state index is 0.741. The molecular formula is C16H10N2OS. The molecule has 0 fully saturated rings. The zero-order chi connectivity index (χ0) is 13.4. The van der Waals surface area contributed by atoms with Crippen LogP contribution in [0.4, 0.5) is 5.13 Å². The van der Waals surface area contributed by atoms with Crippen molar-refractivity contribution < 1.29 is 4.42 Å². The molecule has 0 aliphatic rings. The van der Waals surface area contributed by atoms with E-state index in [1.54, 1.807) is 17.6 Å². The lowest BCUT2D eigenvalue weighted by Gasteiger charge is -1.83. The van der Waals surface area contributed by atoms with Gasteiger partial charge in [-0.05, 0) is 24.3 Å². The van der Waals surface area contributed by atoms with E-state index in [2.05, 4.69) is 9.98 Å². The van der Waals surface area contributed by atoms with Gasteiger partial charge in [0.15, 0.2) is 0 Å². The molecule has 4 aromatic rings. The Bertz CT molecular complexity index is 778. The van der Waals surface area contributed by atoms with Gasteiger partial charge < -0.3 is 4.42 Å². The van der Waals surface area contributed by atoms with Crippen LogP contribution in [0.2, 0.25) is 0 Å². The van der Waals surface area contributed by atoms with Crippen molar-refractivity contribution in [3.8, 4) is 0 Å². The molecule has 20 heavy (non-hydrogen) atoms. The lowest BCUT2D eigenvalue weighted by molar-refractivity contribution is 0.608. The average molecular weight is 278 g/mol. The maximum Gasteiger partial charge on any atom is 0.210 e. The van der Waals surface area contributed by atoms with Crippen LogP contribution in [0, 0.1) is 0 Å². The van der Waals surface area contributed by atoms with E-state index in [1.165, 1.54) is 0 Å². The standard InChI is InChI=1S/C16H10N2OS/c1-3-7-14-11(5-1)9-12(19-14)10-17-16-18-13-6-2-4-8-15(13)20-16/h1-10H/b17-10+. The molecule has 2 aromatic carbocycles. The molecule has 0 saturated heterocycles. The molecule has 4 heteroatoms. The second-order valence-electron chi connectivity index (χ2n) is 4.41. The lowest BCUT2D eigenvalue weighted by Crippen LogP contribution is -1.72. The Morgan fingerprint density at radius 1 is 1.05 bits per heavy atom. The molecule has 96 valence electrons. The van der Waals surface area contributed by atoms with E-state index in [0.717, 1.165) is 32.1 Å². The van der Waals surface area contributed by atoms with E-state index in [-0.39, 0.29) is 0 Å². The third kappa shape index (κ3) is 2.00. The first-order chi connectivity index (χ1) is 9.88. The minimum absolute atomic E-state index is 0.741. The zero-order valence-electron chi connectivity index (χ0n) is 10.5. The van der Waals surface area contributed by atoms with Gasteiger partial charge >= 0.3 is 0 Å². The second kappa shape index (κ2) is 4.58. The van der Waals surface area contributed by atoms with Gasteiger partial charge in [0, 0.05) is 5.39 Å². The number of nitrogens with zero attached hydrogens (tertiary/aromatic N) is 2. The molecule has 0 unspecified atom stereocenters. The number of thiazole rings is 1. The molecule has 0 bridgehead atoms. The molecule has 0 aliphatic carbocycles. The number of furan rings is 1. The lowest BCUT2D eigenvalue weighted by atomic mass is 10.2. The van der Waals surface area contributed by atoms with Crippen LogP contribution in [0.5, 0.6) is 0 Å². The molecular weight excluding hydrogens is 268 g/mol. The fourth-order valence-electron chi connectivity index (χ4n) is 2.10. The van der Waals surface area contributed by atoms with Crippen LogP contribution in [-0.2, 0) is 0 Å². The van der Waals surface area contributed by atoms with Crippen molar-refractivity contribution in [3.05, 3.63) is 60.4 Å². The van der Waals surface area contributed by atoms with Crippen molar-refractivity contribution in [3.63, 3.8) is 0 Å². The summed E-state index contributed by atoms with van der Waals surface area (Å²) in [5.74, 6) is 0.741. The van der Waals surface area contributed by atoms with E-state index in [1.807, 2.05) is 54.6 Å². The summed E-state index contributed by atoms with van der Waals surface area (Å²) < 4.78 is 6.83. The van der Waals surface area contributed by atoms with Crippen molar-refractivity contribution in [1.29, 1.82) is 0 Å². The summed E-state index contributed by atoms with van der Waals surface area (Å²) in [6.45, 7) is 0. The molecule has 4 rings (SSSR count). The quantitative estimate of drug-likeness (QED) is 0.494. The Labute approximate surface area is 119 Å². The summed E-state index contributed by atoms with van der Waals surface area (Å²) in [5.41, 5.74) is 1.85. The highest BCUT2D eigenvalue weighted by Gasteiger charge is 2.02. The number of aromatic nitrogens is 1. The van der Waals surface area contributed by atoms with Gasteiger partial charge in [-0.3, -0.25) is 0 Å². The number of hydrogen-bond donors (Lipinski definition) is 0. The number of aliphatic imine (C=N–C) groups is 1. The number of para-hydroxylation sites is 2. The Morgan fingerprint density at radius 3 is 2.80 bits per heavy atom. The molecule has 0 aliphatic heterocycles. The molecule has 0 atom stereocenters. The number of rotatable bonds is 2. The Morgan fingerprint density at radius 2 is 1.90 bits per heavy atom. The van der Waals surface area contributed by atoms with Crippen LogP contribution in [-0.4, -0.2) is 11.2 Å². The third-order valence-electron chi connectivity index (χ3n) is 3.03. The fourth-order valence-corrected chi connectivity index (χ4v) is 2.91. The normalized spacial score (nSPS) is 11.8. The fraction of sp³-hybridized carbons (Fsp3) is 0. The van der Waals surface area contributed by atoms with Crippen LogP contribution in [0.3, 0.4) is 0 Å². The Hall–Kier alpha value is -2.46.